The number of hydrogen-bond donors (Lipinski definition) is 2. The number of aromatic nitrogens is 1. The van der Waals surface area contributed by atoms with Crippen molar-refractivity contribution in [3.63, 3.8) is 0 Å². The number of nitrogens with zero attached hydrogens (tertiary/aromatic N) is 1. The lowest BCUT2D eigenvalue weighted by atomic mass is 10.1. The van der Waals surface area contributed by atoms with Gasteiger partial charge in [-0.25, -0.2) is 0 Å². The predicted molar refractivity (Wildman–Crippen MR) is 74.0 cm³/mol. The fraction of sp³-hybridized carbons (Fsp3) is 0.571. The van der Waals surface area contributed by atoms with Crippen molar-refractivity contribution >= 4 is 5.91 Å². The summed E-state index contributed by atoms with van der Waals surface area (Å²) in [5.41, 5.74) is 2.58. The molecule has 1 amide bonds. The number of H-pyrrole nitrogens is 1. The third kappa shape index (κ3) is 2.87. The van der Waals surface area contributed by atoms with Crippen molar-refractivity contribution in [2.45, 2.75) is 26.8 Å². The zero-order valence-corrected chi connectivity index (χ0v) is 11.7. The van der Waals surface area contributed by atoms with E-state index in [1.54, 1.807) is 13.2 Å². The Labute approximate surface area is 113 Å². The van der Waals surface area contributed by atoms with E-state index in [-0.39, 0.29) is 17.3 Å². The number of rotatable bonds is 3. The molecule has 19 heavy (non-hydrogen) atoms. The molecule has 1 aromatic rings. The third-order valence-corrected chi connectivity index (χ3v) is 3.89. The van der Waals surface area contributed by atoms with Gasteiger partial charge in [0, 0.05) is 43.2 Å². The molecule has 1 aliphatic rings. The number of nitrogens with one attached hydrogen (secondary N) is 2. The Morgan fingerprint density at radius 1 is 1.53 bits per heavy atom. The minimum absolute atomic E-state index is 0.0717. The van der Waals surface area contributed by atoms with Gasteiger partial charge in [-0.3, -0.25) is 14.5 Å². The van der Waals surface area contributed by atoms with Gasteiger partial charge in [-0.1, -0.05) is 0 Å². The Morgan fingerprint density at radius 2 is 2.26 bits per heavy atom. The van der Waals surface area contributed by atoms with Crippen molar-refractivity contribution in [2.24, 2.45) is 5.92 Å². The minimum Gasteiger partial charge on any atom is -0.363 e. The van der Waals surface area contributed by atoms with Crippen LogP contribution in [-0.4, -0.2) is 35.9 Å². The number of amides is 1. The first-order chi connectivity index (χ1) is 9.02. The van der Waals surface area contributed by atoms with E-state index in [0.29, 0.717) is 6.54 Å². The van der Waals surface area contributed by atoms with Crippen LogP contribution in [-0.2, 0) is 11.3 Å². The monoisotopic (exact) mass is 263 g/mol. The molecule has 1 aliphatic heterocycles. The molecular formula is C14H21N3O2. The molecule has 5 nitrogen and oxygen atoms in total. The minimum atomic E-state index is 0.0717. The van der Waals surface area contributed by atoms with E-state index in [0.717, 1.165) is 36.3 Å². The van der Waals surface area contributed by atoms with Gasteiger partial charge in [0.15, 0.2) is 5.43 Å². The summed E-state index contributed by atoms with van der Waals surface area (Å²) in [4.78, 5) is 28.9. The summed E-state index contributed by atoms with van der Waals surface area (Å²) >= 11 is 0. The van der Waals surface area contributed by atoms with Gasteiger partial charge in [0.25, 0.3) is 0 Å². The second-order valence-electron chi connectivity index (χ2n) is 5.24. The Morgan fingerprint density at radius 3 is 2.95 bits per heavy atom. The van der Waals surface area contributed by atoms with E-state index < -0.39 is 0 Å². The van der Waals surface area contributed by atoms with Crippen molar-refractivity contribution in [3.05, 3.63) is 33.2 Å². The first kappa shape index (κ1) is 13.8. The normalized spacial score (nSPS) is 19.6. The summed E-state index contributed by atoms with van der Waals surface area (Å²) in [6.45, 7) is 6.03. The van der Waals surface area contributed by atoms with E-state index >= 15 is 0 Å². The molecule has 1 aromatic heterocycles. The molecule has 0 aromatic carbocycles. The molecule has 1 unspecified atom stereocenters. The largest absolute Gasteiger partial charge is 0.363 e. The molecule has 5 heteroatoms. The molecular weight excluding hydrogens is 242 g/mol. The lowest BCUT2D eigenvalue weighted by Gasteiger charge is -2.17. The van der Waals surface area contributed by atoms with Crippen LogP contribution < -0.4 is 10.7 Å². The van der Waals surface area contributed by atoms with Gasteiger partial charge in [-0.15, -0.1) is 0 Å². The van der Waals surface area contributed by atoms with E-state index in [1.165, 1.54) is 0 Å². The summed E-state index contributed by atoms with van der Waals surface area (Å²) in [7, 11) is 1.67. The number of pyridine rings is 1. The van der Waals surface area contributed by atoms with Crippen molar-refractivity contribution in [2.75, 3.05) is 20.1 Å². The average molecular weight is 263 g/mol. The number of carbonyl (C=O) groups excluding carboxylic acids is 1. The van der Waals surface area contributed by atoms with Crippen LogP contribution in [0.25, 0.3) is 0 Å². The Kier molecular flexibility index (Phi) is 4.04. The van der Waals surface area contributed by atoms with Gasteiger partial charge in [0.2, 0.25) is 5.91 Å². The maximum Gasteiger partial charge on any atom is 0.224 e. The zero-order chi connectivity index (χ0) is 14.0. The Hall–Kier alpha value is -1.62. The standard InChI is InChI=1S/C14H21N3O2/c1-9-6-16-12(10(2)13(9)18)8-17-5-4-11(7-17)14(19)15-3/h6,11H,4-5,7-8H2,1-3H3,(H,15,19)(H,16,18). The van der Waals surface area contributed by atoms with Crippen LogP contribution in [0.4, 0.5) is 0 Å². The molecule has 2 N–H and O–H groups in total. The number of likely N-dealkylation sites (tertiary alicyclic amines) is 1. The summed E-state index contributed by atoms with van der Waals surface area (Å²) in [6, 6.07) is 0. The molecule has 1 atom stereocenters. The lowest BCUT2D eigenvalue weighted by Crippen LogP contribution is -2.30. The molecule has 0 aliphatic carbocycles. The van der Waals surface area contributed by atoms with Gasteiger partial charge in [-0.2, -0.15) is 0 Å². The topological polar surface area (TPSA) is 65.2 Å². The highest BCUT2D eigenvalue weighted by Crippen LogP contribution is 2.18. The van der Waals surface area contributed by atoms with Gasteiger partial charge < -0.3 is 10.3 Å². The Bertz CT molecular complexity index is 536. The molecule has 1 saturated heterocycles. The van der Waals surface area contributed by atoms with E-state index in [2.05, 4.69) is 15.2 Å². The molecule has 2 heterocycles. The van der Waals surface area contributed by atoms with E-state index in [1.807, 2.05) is 13.8 Å². The number of aryl methyl sites for hydroxylation is 1. The smallest absolute Gasteiger partial charge is 0.224 e. The zero-order valence-electron chi connectivity index (χ0n) is 11.7. The van der Waals surface area contributed by atoms with E-state index in [9.17, 15) is 9.59 Å². The maximum atomic E-state index is 11.9. The van der Waals surface area contributed by atoms with Gasteiger partial charge in [0.1, 0.15) is 0 Å². The fourth-order valence-corrected chi connectivity index (χ4v) is 2.58. The van der Waals surface area contributed by atoms with Crippen LogP contribution >= 0.6 is 0 Å². The lowest BCUT2D eigenvalue weighted by molar-refractivity contribution is -0.124. The first-order valence-electron chi connectivity index (χ1n) is 6.64. The SMILES string of the molecule is CNC(=O)C1CCN(Cc2[nH]cc(C)c(=O)c2C)C1. The molecule has 0 radical (unpaired) electrons. The summed E-state index contributed by atoms with van der Waals surface area (Å²) in [6.07, 6.45) is 2.64. The van der Waals surface area contributed by atoms with Gasteiger partial charge in [0.05, 0.1) is 5.92 Å². The van der Waals surface area contributed by atoms with E-state index in [4.69, 9.17) is 0 Å². The highest BCUT2D eigenvalue weighted by Gasteiger charge is 2.27. The second-order valence-corrected chi connectivity index (χ2v) is 5.24. The van der Waals surface area contributed by atoms with Crippen molar-refractivity contribution in [3.8, 4) is 0 Å². The average Bonchev–Trinajstić information content (AvgIpc) is 2.87. The number of hydrogen-bond acceptors (Lipinski definition) is 3. The molecule has 0 bridgehead atoms. The number of aromatic amines is 1. The highest BCUT2D eigenvalue weighted by molar-refractivity contribution is 5.78. The highest BCUT2D eigenvalue weighted by atomic mass is 16.1. The van der Waals surface area contributed by atoms with Crippen LogP contribution in [0.15, 0.2) is 11.0 Å². The fourth-order valence-electron chi connectivity index (χ4n) is 2.58. The van der Waals surface area contributed by atoms with Gasteiger partial charge >= 0.3 is 0 Å². The van der Waals surface area contributed by atoms with Crippen molar-refractivity contribution in [1.29, 1.82) is 0 Å². The van der Waals surface area contributed by atoms with Crippen LogP contribution in [0, 0.1) is 19.8 Å². The van der Waals surface area contributed by atoms with Crippen LogP contribution in [0.5, 0.6) is 0 Å². The molecule has 2 rings (SSSR count). The summed E-state index contributed by atoms with van der Waals surface area (Å²) in [5, 5.41) is 2.70. The summed E-state index contributed by atoms with van der Waals surface area (Å²) < 4.78 is 0. The van der Waals surface area contributed by atoms with Crippen LogP contribution in [0.3, 0.4) is 0 Å². The van der Waals surface area contributed by atoms with Crippen LogP contribution in [0.2, 0.25) is 0 Å². The van der Waals surface area contributed by atoms with Crippen LogP contribution in [0.1, 0.15) is 23.2 Å². The van der Waals surface area contributed by atoms with Crippen molar-refractivity contribution < 1.29 is 4.79 Å². The van der Waals surface area contributed by atoms with Crippen molar-refractivity contribution in [1.82, 2.24) is 15.2 Å². The molecule has 0 spiro atoms. The molecule has 1 fully saturated rings. The maximum absolute atomic E-state index is 11.9. The quantitative estimate of drug-likeness (QED) is 0.837. The number of carbonyl (C=O) groups is 1. The molecule has 104 valence electrons. The molecule has 0 saturated carbocycles. The van der Waals surface area contributed by atoms with Gasteiger partial charge in [-0.05, 0) is 26.8 Å². The third-order valence-electron chi connectivity index (χ3n) is 3.89. The Balaban J connectivity index is 2.06. The second kappa shape index (κ2) is 5.57. The summed E-state index contributed by atoms with van der Waals surface area (Å²) in [5.74, 6) is 0.180. The predicted octanol–water partition coefficient (Wildman–Crippen LogP) is 0.560. The first-order valence-corrected chi connectivity index (χ1v) is 6.64.